The molecule has 0 saturated carbocycles. The molecule has 0 saturated heterocycles. The van der Waals surface area contributed by atoms with Gasteiger partial charge in [-0.15, -0.1) is 5.10 Å². The van der Waals surface area contributed by atoms with Crippen LogP contribution in [0.15, 0.2) is 21.7 Å². The molecule has 1 amide bonds. The maximum absolute atomic E-state index is 12.4. The second kappa shape index (κ2) is 5.81. The summed E-state index contributed by atoms with van der Waals surface area (Å²) in [6.45, 7) is 4.51. The highest BCUT2D eigenvalue weighted by Gasteiger charge is 2.29. The third kappa shape index (κ3) is 2.91. The van der Waals surface area contributed by atoms with E-state index in [-0.39, 0.29) is 22.0 Å². The van der Waals surface area contributed by atoms with Gasteiger partial charge in [0.25, 0.3) is 15.9 Å². The lowest BCUT2D eigenvalue weighted by Gasteiger charge is -2.05. The molecule has 0 aliphatic carbocycles. The molecule has 12 heteroatoms. The zero-order valence-corrected chi connectivity index (χ0v) is 14.7. The van der Waals surface area contributed by atoms with Crippen molar-refractivity contribution in [3.63, 3.8) is 0 Å². The maximum Gasteiger partial charge on any atom is 0.287 e. The summed E-state index contributed by atoms with van der Waals surface area (Å²) < 4.78 is 34.5. The number of sulfonamides is 1. The minimum absolute atomic E-state index is 0.0895. The van der Waals surface area contributed by atoms with Crippen LogP contribution >= 0.6 is 0 Å². The Labute approximate surface area is 142 Å². The normalized spacial score (nSPS) is 11.7. The molecule has 0 fully saturated rings. The van der Waals surface area contributed by atoms with Crippen molar-refractivity contribution in [3.05, 3.63) is 35.1 Å². The van der Waals surface area contributed by atoms with Crippen LogP contribution in [0.4, 0.5) is 0 Å². The molecule has 0 unspecified atom stereocenters. The molecule has 0 aliphatic heterocycles. The maximum atomic E-state index is 12.4. The molecule has 0 aliphatic rings. The summed E-state index contributed by atoms with van der Waals surface area (Å²) in [6.07, 6.45) is 1.71. The van der Waals surface area contributed by atoms with Crippen molar-refractivity contribution in [2.45, 2.75) is 25.7 Å². The van der Waals surface area contributed by atoms with E-state index in [9.17, 15) is 13.2 Å². The minimum Gasteiger partial charge on any atom is -0.360 e. The summed E-state index contributed by atoms with van der Waals surface area (Å²) in [5.74, 6) is -0.355. The van der Waals surface area contributed by atoms with E-state index in [1.165, 1.54) is 18.5 Å². The molecule has 3 aromatic rings. The number of rotatable bonds is 4. The fourth-order valence-corrected chi connectivity index (χ4v) is 3.64. The summed E-state index contributed by atoms with van der Waals surface area (Å²) >= 11 is 0. The van der Waals surface area contributed by atoms with E-state index in [2.05, 4.69) is 20.6 Å². The van der Waals surface area contributed by atoms with Crippen LogP contribution in [0.2, 0.25) is 0 Å². The fourth-order valence-electron chi connectivity index (χ4n) is 2.35. The van der Waals surface area contributed by atoms with Gasteiger partial charge in [-0.05, 0) is 20.8 Å². The first-order valence-corrected chi connectivity index (χ1v) is 8.61. The molecule has 0 atom stereocenters. The van der Waals surface area contributed by atoms with Gasteiger partial charge in [0.15, 0.2) is 22.2 Å². The SMILES string of the molecule is Cc1noc(C)c1S(=O)(=O)NC(=O)c1nnn(-c2ccn(C)n2)c1C. The van der Waals surface area contributed by atoms with E-state index in [1.54, 1.807) is 30.9 Å². The van der Waals surface area contributed by atoms with E-state index < -0.39 is 15.9 Å². The van der Waals surface area contributed by atoms with Crippen LogP contribution in [-0.4, -0.2) is 44.3 Å². The Bertz CT molecular complexity index is 1040. The zero-order valence-electron chi connectivity index (χ0n) is 13.9. The Morgan fingerprint density at radius 1 is 1.28 bits per heavy atom. The van der Waals surface area contributed by atoms with E-state index in [4.69, 9.17) is 4.52 Å². The first kappa shape index (κ1) is 16.8. The van der Waals surface area contributed by atoms with Crippen molar-refractivity contribution in [2.75, 3.05) is 0 Å². The third-order valence-electron chi connectivity index (χ3n) is 3.49. The number of aromatic nitrogens is 6. The van der Waals surface area contributed by atoms with Crippen LogP contribution in [0.25, 0.3) is 5.82 Å². The fraction of sp³-hybridized carbons (Fsp3) is 0.308. The molecular weight excluding hydrogens is 350 g/mol. The molecule has 1 N–H and O–H groups in total. The number of aryl methyl sites for hydroxylation is 3. The van der Waals surface area contributed by atoms with Crippen molar-refractivity contribution < 1.29 is 17.7 Å². The average molecular weight is 365 g/mol. The van der Waals surface area contributed by atoms with Crippen LogP contribution in [-0.2, 0) is 17.1 Å². The molecular formula is C13H15N7O4S. The monoisotopic (exact) mass is 365 g/mol. The highest BCUT2D eigenvalue weighted by atomic mass is 32.2. The smallest absolute Gasteiger partial charge is 0.287 e. The number of nitrogens with one attached hydrogen (secondary N) is 1. The van der Waals surface area contributed by atoms with Crippen molar-refractivity contribution in [1.29, 1.82) is 0 Å². The summed E-state index contributed by atoms with van der Waals surface area (Å²) in [4.78, 5) is 12.2. The molecule has 3 aromatic heterocycles. The van der Waals surface area contributed by atoms with E-state index in [0.717, 1.165) is 0 Å². The third-order valence-corrected chi connectivity index (χ3v) is 5.06. The molecule has 0 radical (unpaired) electrons. The van der Waals surface area contributed by atoms with Gasteiger partial charge in [-0.25, -0.2) is 13.1 Å². The molecule has 132 valence electrons. The van der Waals surface area contributed by atoms with E-state index >= 15 is 0 Å². The van der Waals surface area contributed by atoms with Crippen molar-refractivity contribution >= 4 is 15.9 Å². The predicted octanol–water partition coefficient (Wildman–Crippen LogP) is 0.0328. The summed E-state index contributed by atoms with van der Waals surface area (Å²) in [5, 5.41) is 15.3. The van der Waals surface area contributed by atoms with Crippen molar-refractivity contribution in [2.24, 2.45) is 7.05 Å². The van der Waals surface area contributed by atoms with Crippen molar-refractivity contribution in [3.8, 4) is 5.82 Å². The van der Waals surface area contributed by atoms with Crippen LogP contribution < -0.4 is 4.72 Å². The second-order valence-electron chi connectivity index (χ2n) is 5.37. The first-order valence-electron chi connectivity index (χ1n) is 7.13. The largest absolute Gasteiger partial charge is 0.360 e. The number of carbonyl (C=O) groups is 1. The van der Waals surface area contributed by atoms with Gasteiger partial charge in [0, 0.05) is 19.3 Å². The molecule has 3 heterocycles. The molecule has 3 rings (SSSR count). The van der Waals surface area contributed by atoms with Crippen LogP contribution in [0.5, 0.6) is 0 Å². The molecule has 25 heavy (non-hydrogen) atoms. The number of carbonyl (C=O) groups excluding carboxylic acids is 1. The van der Waals surface area contributed by atoms with Gasteiger partial charge in [-0.3, -0.25) is 9.48 Å². The van der Waals surface area contributed by atoms with Crippen molar-refractivity contribution in [1.82, 2.24) is 34.7 Å². The second-order valence-corrected chi connectivity index (χ2v) is 6.99. The molecule has 0 spiro atoms. The Morgan fingerprint density at radius 2 is 2.00 bits per heavy atom. The van der Waals surface area contributed by atoms with Gasteiger partial charge in [0.1, 0.15) is 5.69 Å². The topological polar surface area (TPSA) is 138 Å². The summed E-state index contributed by atoms with van der Waals surface area (Å²) in [7, 11) is -2.41. The van der Waals surface area contributed by atoms with E-state index in [1.807, 2.05) is 4.72 Å². The van der Waals surface area contributed by atoms with Gasteiger partial charge in [0.05, 0.1) is 5.69 Å². The molecule has 0 aromatic carbocycles. The van der Waals surface area contributed by atoms with Gasteiger partial charge in [-0.2, -0.15) is 9.78 Å². The van der Waals surface area contributed by atoms with Crippen LogP contribution in [0.3, 0.4) is 0 Å². The predicted molar refractivity (Wildman–Crippen MR) is 83.5 cm³/mol. The quantitative estimate of drug-likeness (QED) is 0.683. The Balaban J connectivity index is 1.91. The molecule has 0 bridgehead atoms. The van der Waals surface area contributed by atoms with Gasteiger partial charge < -0.3 is 4.52 Å². The Hall–Kier alpha value is -3.02. The zero-order chi connectivity index (χ0) is 18.4. The Morgan fingerprint density at radius 3 is 2.56 bits per heavy atom. The highest BCUT2D eigenvalue weighted by molar-refractivity contribution is 7.90. The van der Waals surface area contributed by atoms with Crippen LogP contribution in [0.1, 0.15) is 27.6 Å². The van der Waals surface area contributed by atoms with Crippen LogP contribution in [0, 0.1) is 20.8 Å². The lowest BCUT2D eigenvalue weighted by atomic mass is 10.3. The Kier molecular flexibility index (Phi) is 3.91. The number of hydrogen-bond donors (Lipinski definition) is 1. The van der Waals surface area contributed by atoms with Gasteiger partial charge in [0.2, 0.25) is 0 Å². The number of hydrogen-bond acceptors (Lipinski definition) is 8. The van der Waals surface area contributed by atoms with Gasteiger partial charge in [-0.1, -0.05) is 10.4 Å². The standard InChI is InChI=1S/C13H15N7O4S/c1-7-12(9(3)24-16-7)25(22,23)17-13(21)11-8(2)20(18-14-11)10-5-6-19(4)15-10/h5-6H,1-4H3,(H,17,21). The molecule has 11 nitrogen and oxygen atoms in total. The number of amides is 1. The lowest BCUT2D eigenvalue weighted by Crippen LogP contribution is -2.32. The number of nitrogens with zero attached hydrogens (tertiary/aromatic N) is 6. The minimum atomic E-state index is -4.15. The average Bonchev–Trinajstić information content (AvgIpc) is 3.18. The lowest BCUT2D eigenvalue weighted by molar-refractivity contribution is 0.0976. The summed E-state index contributed by atoms with van der Waals surface area (Å²) in [5.41, 5.74) is 0.387. The summed E-state index contributed by atoms with van der Waals surface area (Å²) in [6, 6.07) is 1.68. The highest BCUT2D eigenvalue weighted by Crippen LogP contribution is 2.19. The first-order chi connectivity index (χ1) is 11.7. The van der Waals surface area contributed by atoms with Gasteiger partial charge >= 0.3 is 0 Å². The van der Waals surface area contributed by atoms with E-state index in [0.29, 0.717) is 11.5 Å².